The standard InChI is InChI=1S/2C9H13.2CHF3O3S.Zr/c2*1-3-8(2)9-6-4-5-7-9;2*2-1(3,4)8(5,6)7;/h2*4,6,8H,3,5H2,1-2H3;2*(H,5,6,7);/q2*-1;;;+4/p-2. The van der Waals surface area contributed by atoms with Crippen molar-refractivity contribution in [2.24, 2.45) is 11.8 Å². The molecule has 0 saturated carbocycles. The molecule has 0 amide bonds. The fourth-order valence-electron chi connectivity index (χ4n) is 1.96. The molecule has 0 aromatic heterocycles. The van der Waals surface area contributed by atoms with E-state index < -0.39 is 31.3 Å². The van der Waals surface area contributed by atoms with Crippen molar-refractivity contribution in [3.63, 3.8) is 0 Å². The normalized spacial score (nSPS) is 16.7. The van der Waals surface area contributed by atoms with Gasteiger partial charge < -0.3 is 9.11 Å². The van der Waals surface area contributed by atoms with E-state index in [1.165, 1.54) is 24.0 Å². The summed E-state index contributed by atoms with van der Waals surface area (Å²) < 4.78 is 118. The van der Waals surface area contributed by atoms with Crippen molar-refractivity contribution in [1.82, 2.24) is 0 Å². The molecule has 0 fully saturated rings. The summed E-state index contributed by atoms with van der Waals surface area (Å²) in [7, 11) is -12.2. The van der Waals surface area contributed by atoms with E-state index in [2.05, 4.69) is 64.2 Å². The van der Waals surface area contributed by atoms with E-state index in [0.717, 1.165) is 12.8 Å². The summed E-state index contributed by atoms with van der Waals surface area (Å²) in [5, 5.41) is 0. The molecule has 2 unspecified atom stereocenters. The summed E-state index contributed by atoms with van der Waals surface area (Å²) in [6.07, 6.45) is 19.9. The van der Waals surface area contributed by atoms with Crippen molar-refractivity contribution in [3.05, 3.63) is 47.6 Å². The third-order valence-corrected chi connectivity index (χ3v) is 5.43. The zero-order valence-corrected chi connectivity index (χ0v) is 23.4. The number of hydrogen-bond acceptors (Lipinski definition) is 6. The minimum atomic E-state index is -6.09. The molecule has 15 heteroatoms. The van der Waals surface area contributed by atoms with Crippen LogP contribution >= 0.6 is 0 Å². The van der Waals surface area contributed by atoms with Gasteiger partial charge in [0.2, 0.25) is 0 Å². The first-order valence-corrected chi connectivity index (χ1v) is 12.6. The molecule has 0 saturated heterocycles. The monoisotopic (exact) mass is 630 g/mol. The van der Waals surface area contributed by atoms with Gasteiger partial charge in [-0.3, -0.25) is 12.2 Å². The molecule has 0 aromatic rings. The Hall–Kier alpha value is -0.757. The Kier molecular flexibility index (Phi) is 18.7. The molecule has 2 atom stereocenters. The van der Waals surface area contributed by atoms with Gasteiger partial charge in [-0.1, -0.05) is 52.4 Å². The first-order valence-electron chi connectivity index (χ1n) is 9.77. The molecule has 0 aromatic carbocycles. The van der Waals surface area contributed by atoms with Crippen LogP contribution in [-0.4, -0.2) is 37.0 Å². The van der Waals surface area contributed by atoms with Gasteiger partial charge in [0.15, 0.2) is 20.2 Å². The van der Waals surface area contributed by atoms with Crippen molar-refractivity contribution < 1.29 is 78.5 Å². The smallest absolute Gasteiger partial charge is 0.741 e. The van der Waals surface area contributed by atoms with Crippen LogP contribution in [0.25, 0.3) is 0 Å². The minimum absolute atomic E-state index is 0. The first kappa shape index (κ1) is 38.8. The number of allylic oxidation sites excluding steroid dienone is 8. The van der Waals surface area contributed by atoms with E-state index in [0.29, 0.717) is 11.8 Å². The van der Waals surface area contributed by atoms with Crippen LogP contribution in [0.15, 0.2) is 35.5 Å². The number of rotatable bonds is 4. The summed E-state index contributed by atoms with van der Waals surface area (Å²) >= 11 is 0. The molecule has 2 aliphatic carbocycles. The minimum Gasteiger partial charge on any atom is -0.741 e. The van der Waals surface area contributed by atoms with Crippen molar-refractivity contribution in [3.8, 4) is 0 Å². The molecule has 200 valence electrons. The van der Waals surface area contributed by atoms with Crippen molar-refractivity contribution in [2.75, 3.05) is 0 Å². The van der Waals surface area contributed by atoms with E-state index >= 15 is 0 Å². The fraction of sp³-hybridized carbons (Fsp3) is 0.600. The van der Waals surface area contributed by atoms with Gasteiger partial charge in [0.25, 0.3) is 0 Å². The fourth-order valence-corrected chi connectivity index (χ4v) is 1.96. The first-order chi connectivity index (χ1) is 15.2. The van der Waals surface area contributed by atoms with Crippen LogP contribution in [0.3, 0.4) is 0 Å². The molecule has 6 nitrogen and oxygen atoms in total. The van der Waals surface area contributed by atoms with Gasteiger partial charge in [0.1, 0.15) is 0 Å². The molecule has 2 rings (SSSR count). The molecule has 0 heterocycles. The molecule has 0 radical (unpaired) electrons. The second-order valence-electron chi connectivity index (χ2n) is 6.90. The Morgan fingerprint density at radius 2 is 1.00 bits per heavy atom. The van der Waals surface area contributed by atoms with Crippen LogP contribution in [0.5, 0.6) is 0 Å². The summed E-state index contributed by atoms with van der Waals surface area (Å²) in [6.45, 7) is 8.92. The van der Waals surface area contributed by atoms with Crippen LogP contribution in [0.1, 0.15) is 53.4 Å². The summed E-state index contributed by atoms with van der Waals surface area (Å²) in [5.74, 6) is 1.42. The SMILES string of the molecule is CCC(C)C1=[C-]CC=C1.CCC(C)C1=[C-]CC=C1.O=S(=O)([O-])C(F)(F)F.O=S(=O)([O-])C(F)(F)F.[Zr+4]. The van der Waals surface area contributed by atoms with Gasteiger partial charge in [-0.2, -0.15) is 38.5 Å². The van der Waals surface area contributed by atoms with Gasteiger partial charge >= 0.3 is 37.2 Å². The molecule has 0 spiro atoms. The Balaban J connectivity index is -0.000000387. The molecular formula is C20H26F6O6S2Zr. The zero-order valence-electron chi connectivity index (χ0n) is 19.3. The van der Waals surface area contributed by atoms with Gasteiger partial charge in [0, 0.05) is 0 Å². The Morgan fingerprint density at radius 3 is 1.11 bits per heavy atom. The van der Waals surface area contributed by atoms with E-state index in [9.17, 15) is 26.3 Å². The quantitative estimate of drug-likeness (QED) is 0.174. The predicted octanol–water partition coefficient (Wildman–Crippen LogP) is 5.54. The number of alkyl halides is 6. The Labute approximate surface area is 221 Å². The van der Waals surface area contributed by atoms with Crippen LogP contribution in [-0.2, 0) is 46.4 Å². The van der Waals surface area contributed by atoms with Crippen LogP contribution in [0.4, 0.5) is 26.3 Å². The van der Waals surface area contributed by atoms with Crippen molar-refractivity contribution in [1.29, 1.82) is 0 Å². The molecule has 2 aliphatic rings. The van der Waals surface area contributed by atoms with Crippen molar-refractivity contribution >= 4 is 20.2 Å². The third kappa shape index (κ3) is 17.4. The van der Waals surface area contributed by atoms with Gasteiger partial charge in [-0.05, 0) is 0 Å². The van der Waals surface area contributed by atoms with E-state index in [1.54, 1.807) is 0 Å². The molecule has 0 N–H and O–H groups in total. The second kappa shape index (κ2) is 16.9. The summed E-state index contributed by atoms with van der Waals surface area (Å²) in [6, 6.07) is 0. The summed E-state index contributed by atoms with van der Waals surface area (Å²) in [5.41, 5.74) is -8.49. The van der Waals surface area contributed by atoms with Crippen molar-refractivity contribution in [2.45, 2.75) is 64.4 Å². The summed E-state index contributed by atoms with van der Waals surface area (Å²) in [4.78, 5) is 0. The average molecular weight is 632 g/mol. The topological polar surface area (TPSA) is 114 Å². The zero-order chi connectivity index (χ0) is 27.4. The van der Waals surface area contributed by atoms with Crippen LogP contribution in [0.2, 0.25) is 0 Å². The maximum absolute atomic E-state index is 10.7. The number of hydrogen-bond donors (Lipinski definition) is 0. The predicted molar refractivity (Wildman–Crippen MR) is 111 cm³/mol. The van der Waals surface area contributed by atoms with E-state index in [-0.39, 0.29) is 26.2 Å². The van der Waals surface area contributed by atoms with Gasteiger partial charge in [-0.15, -0.1) is 12.8 Å². The molecular weight excluding hydrogens is 606 g/mol. The maximum Gasteiger partial charge on any atom is 4.00 e. The molecule has 0 bridgehead atoms. The third-order valence-electron chi connectivity index (χ3n) is 4.30. The Bertz CT molecular complexity index is 872. The van der Waals surface area contributed by atoms with Gasteiger partial charge in [-0.25, -0.2) is 40.1 Å². The Morgan fingerprint density at radius 1 is 0.771 bits per heavy atom. The second-order valence-corrected chi connectivity index (χ2v) is 9.64. The van der Waals surface area contributed by atoms with Crippen LogP contribution < -0.4 is 0 Å². The number of halogens is 6. The molecule has 0 aliphatic heterocycles. The average Bonchev–Trinajstić information content (AvgIpc) is 3.39. The maximum atomic E-state index is 10.7. The van der Waals surface area contributed by atoms with E-state index in [1.807, 2.05) is 0 Å². The molecule has 35 heavy (non-hydrogen) atoms. The van der Waals surface area contributed by atoms with Gasteiger partial charge in [0.05, 0.1) is 0 Å². The largest absolute Gasteiger partial charge is 4.00 e. The van der Waals surface area contributed by atoms with Crippen LogP contribution in [0, 0.1) is 24.0 Å². The van der Waals surface area contributed by atoms with E-state index in [4.69, 9.17) is 25.9 Å².